The van der Waals surface area contributed by atoms with Crippen LogP contribution in [0.4, 0.5) is 5.69 Å². The molecule has 8 nitrogen and oxygen atoms in total. The van der Waals surface area contributed by atoms with Gasteiger partial charge in [0.25, 0.3) is 0 Å². The summed E-state index contributed by atoms with van der Waals surface area (Å²) >= 11 is 12.7. The molecule has 0 saturated heterocycles. The summed E-state index contributed by atoms with van der Waals surface area (Å²) in [6.07, 6.45) is 1.73. The summed E-state index contributed by atoms with van der Waals surface area (Å²) in [4.78, 5) is 27.7. The number of amides is 2. The minimum atomic E-state index is -3.89. The highest BCUT2D eigenvalue weighted by molar-refractivity contribution is 7.92. The lowest BCUT2D eigenvalue weighted by atomic mass is 10.1. The molecular formula is C24H31Cl2N3O5S. The van der Waals surface area contributed by atoms with Crippen LogP contribution < -0.4 is 14.4 Å². The zero-order chi connectivity index (χ0) is 26.3. The van der Waals surface area contributed by atoms with Gasteiger partial charge in [0.05, 0.1) is 19.1 Å². The van der Waals surface area contributed by atoms with Gasteiger partial charge < -0.3 is 15.0 Å². The lowest BCUT2D eigenvalue weighted by molar-refractivity contribution is -0.139. The van der Waals surface area contributed by atoms with E-state index in [9.17, 15) is 18.0 Å². The van der Waals surface area contributed by atoms with Crippen LogP contribution in [0.1, 0.15) is 31.4 Å². The molecule has 35 heavy (non-hydrogen) atoms. The van der Waals surface area contributed by atoms with Crippen molar-refractivity contribution in [3.8, 4) is 5.75 Å². The predicted molar refractivity (Wildman–Crippen MR) is 140 cm³/mol. The van der Waals surface area contributed by atoms with Gasteiger partial charge in [-0.1, -0.05) is 42.3 Å². The lowest BCUT2D eigenvalue weighted by Gasteiger charge is -2.32. The number of sulfonamides is 1. The highest BCUT2D eigenvalue weighted by Gasteiger charge is 2.31. The van der Waals surface area contributed by atoms with Gasteiger partial charge in [-0.15, -0.1) is 0 Å². The van der Waals surface area contributed by atoms with Gasteiger partial charge in [-0.25, -0.2) is 8.42 Å². The Balaban J connectivity index is 2.50. The molecule has 0 spiro atoms. The van der Waals surface area contributed by atoms with Gasteiger partial charge in [0, 0.05) is 28.7 Å². The summed E-state index contributed by atoms with van der Waals surface area (Å²) in [5, 5.41) is 3.43. The number of halogens is 2. The topological polar surface area (TPSA) is 96.0 Å². The zero-order valence-electron chi connectivity index (χ0n) is 20.5. The van der Waals surface area contributed by atoms with Crippen molar-refractivity contribution in [1.29, 1.82) is 0 Å². The van der Waals surface area contributed by atoms with Gasteiger partial charge in [-0.05, 0) is 50.1 Å². The molecule has 0 aromatic heterocycles. The summed E-state index contributed by atoms with van der Waals surface area (Å²) < 4.78 is 31.8. The van der Waals surface area contributed by atoms with E-state index in [4.69, 9.17) is 27.9 Å². The number of carbonyl (C=O) groups excluding carboxylic acids is 2. The first kappa shape index (κ1) is 28.7. The van der Waals surface area contributed by atoms with Gasteiger partial charge in [-0.2, -0.15) is 0 Å². The maximum absolute atomic E-state index is 13.6. The van der Waals surface area contributed by atoms with Gasteiger partial charge in [0.2, 0.25) is 21.8 Å². The van der Waals surface area contributed by atoms with Crippen LogP contribution in [0.5, 0.6) is 5.75 Å². The average molecular weight is 545 g/mol. The van der Waals surface area contributed by atoms with Crippen LogP contribution in [0.2, 0.25) is 10.0 Å². The maximum atomic E-state index is 13.6. The highest BCUT2D eigenvalue weighted by Crippen LogP contribution is 2.32. The van der Waals surface area contributed by atoms with Gasteiger partial charge in [-0.3, -0.25) is 13.9 Å². The van der Waals surface area contributed by atoms with Crippen molar-refractivity contribution in [3.63, 3.8) is 0 Å². The molecule has 192 valence electrons. The molecule has 2 aromatic rings. The fourth-order valence-corrected chi connectivity index (χ4v) is 4.78. The Morgan fingerprint density at radius 3 is 2.31 bits per heavy atom. The average Bonchev–Trinajstić information content (AvgIpc) is 2.79. The van der Waals surface area contributed by atoms with E-state index >= 15 is 0 Å². The van der Waals surface area contributed by atoms with Crippen molar-refractivity contribution in [3.05, 3.63) is 57.6 Å². The van der Waals surface area contributed by atoms with Crippen LogP contribution >= 0.6 is 23.2 Å². The number of ether oxygens (including phenoxy) is 1. The van der Waals surface area contributed by atoms with E-state index in [-0.39, 0.29) is 18.1 Å². The minimum Gasteiger partial charge on any atom is -0.495 e. The summed E-state index contributed by atoms with van der Waals surface area (Å²) in [5.41, 5.74) is 1.47. The van der Waals surface area contributed by atoms with E-state index in [1.807, 2.05) is 6.92 Å². The van der Waals surface area contributed by atoms with E-state index in [0.717, 1.165) is 22.5 Å². The van der Waals surface area contributed by atoms with E-state index in [0.29, 0.717) is 27.9 Å². The third-order valence-electron chi connectivity index (χ3n) is 5.39. The Morgan fingerprint density at radius 2 is 1.77 bits per heavy atom. The molecule has 2 aromatic carbocycles. The Labute approximate surface area is 217 Å². The van der Waals surface area contributed by atoms with Gasteiger partial charge in [0.1, 0.15) is 18.3 Å². The first-order valence-electron chi connectivity index (χ1n) is 11.0. The molecule has 0 radical (unpaired) electrons. The number of hydrogen-bond acceptors (Lipinski definition) is 5. The second kappa shape index (κ2) is 12.5. The van der Waals surface area contributed by atoms with E-state index in [2.05, 4.69) is 5.32 Å². The summed E-state index contributed by atoms with van der Waals surface area (Å²) in [7, 11) is -2.47. The summed E-state index contributed by atoms with van der Waals surface area (Å²) in [5.74, 6) is -0.681. The molecule has 1 atom stereocenters. The molecule has 11 heteroatoms. The number of benzene rings is 2. The number of nitrogens with one attached hydrogen (secondary N) is 1. The largest absolute Gasteiger partial charge is 0.495 e. The minimum absolute atomic E-state index is 0.0827. The molecular weight excluding hydrogens is 513 g/mol. The quantitative estimate of drug-likeness (QED) is 0.461. The lowest BCUT2D eigenvalue weighted by Crippen LogP contribution is -2.51. The molecule has 0 bridgehead atoms. The van der Waals surface area contributed by atoms with Gasteiger partial charge >= 0.3 is 0 Å². The first-order chi connectivity index (χ1) is 16.4. The summed E-state index contributed by atoms with van der Waals surface area (Å²) in [6.45, 7) is 5.10. The molecule has 2 rings (SSSR count). The maximum Gasteiger partial charge on any atom is 0.244 e. The molecule has 0 aliphatic carbocycles. The molecule has 1 N–H and O–H groups in total. The molecule has 0 fully saturated rings. The van der Waals surface area contributed by atoms with Crippen LogP contribution in [0.15, 0.2) is 36.4 Å². The number of hydrogen-bond donors (Lipinski definition) is 1. The van der Waals surface area contributed by atoms with Gasteiger partial charge in [0.15, 0.2) is 0 Å². The van der Waals surface area contributed by atoms with Crippen molar-refractivity contribution in [2.75, 3.05) is 30.8 Å². The van der Waals surface area contributed by atoms with E-state index < -0.39 is 28.5 Å². The van der Waals surface area contributed by atoms with E-state index in [1.165, 1.54) is 12.0 Å². The third kappa shape index (κ3) is 7.49. The number of rotatable bonds is 11. The molecule has 0 aliphatic rings. The van der Waals surface area contributed by atoms with Crippen molar-refractivity contribution in [1.82, 2.24) is 10.2 Å². The van der Waals surface area contributed by atoms with Crippen LogP contribution in [0, 0.1) is 6.92 Å². The van der Waals surface area contributed by atoms with Crippen LogP contribution in [0.3, 0.4) is 0 Å². The Kier molecular flexibility index (Phi) is 10.2. The van der Waals surface area contributed by atoms with Crippen molar-refractivity contribution < 1.29 is 22.7 Å². The second-order valence-corrected chi connectivity index (χ2v) is 10.9. The Hall–Kier alpha value is -2.49. The van der Waals surface area contributed by atoms with Crippen LogP contribution in [-0.4, -0.2) is 57.6 Å². The van der Waals surface area contributed by atoms with Crippen LogP contribution in [0.25, 0.3) is 0 Å². The smallest absolute Gasteiger partial charge is 0.244 e. The number of aryl methyl sites for hydroxylation is 1. The predicted octanol–water partition coefficient (Wildman–Crippen LogP) is 4.02. The van der Waals surface area contributed by atoms with Crippen molar-refractivity contribution in [2.45, 2.75) is 39.8 Å². The van der Waals surface area contributed by atoms with E-state index in [1.54, 1.807) is 50.2 Å². The normalized spacial score (nSPS) is 12.1. The number of nitrogens with zero attached hydrogens (tertiary/aromatic N) is 2. The Bertz CT molecular complexity index is 1150. The fourth-order valence-electron chi connectivity index (χ4n) is 3.42. The SMILES string of the molecule is CCCNC(=O)[C@@H](C)N(Cc1c(Cl)cccc1Cl)C(=O)CN(c1cc(C)ccc1OC)S(C)(=O)=O. The number of methoxy groups -OCH3 is 1. The number of anilines is 1. The first-order valence-corrected chi connectivity index (χ1v) is 13.6. The monoisotopic (exact) mass is 543 g/mol. The van der Waals surface area contributed by atoms with Crippen molar-refractivity contribution >= 4 is 50.7 Å². The Morgan fingerprint density at radius 1 is 1.14 bits per heavy atom. The second-order valence-electron chi connectivity index (χ2n) is 8.13. The number of carbonyl (C=O) groups is 2. The molecule has 0 aliphatic heterocycles. The fraction of sp³-hybridized carbons (Fsp3) is 0.417. The molecule has 2 amide bonds. The molecule has 0 unspecified atom stereocenters. The molecule has 0 saturated carbocycles. The highest BCUT2D eigenvalue weighted by atomic mass is 35.5. The third-order valence-corrected chi connectivity index (χ3v) is 7.22. The molecule has 0 heterocycles. The van der Waals surface area contributed by atoms with Crippen molar-refractivity contribution in [2.24, 2.45) is 0 Å². The summed E-state index contributed by atoms with van der Waals surface area (Å²) in [6, 6.07) is 9.06. The standard InChI is InChI=1S/C24H31Cl2N3O5S/c1-6-12-27-24(31)17(3)28(14-18-19(25)8-7-9-20(18)26)23(30)15-29(35(5,32)33)21-13-16(2)10-11-22(21)34-4/h7-11,13,17H,6,12,14-15H2,1-5H3,(H,27,31)/t17-/m1/s1. The van der Waals surface area contributed by atoms with Crippen LogP contribution in [-0.2, 0) is 26.2 Å². The zero-order valence-corrected chi connectivity index (χ0v) is 22.8.